The first-order chi connectivity index (χ1) is 18.9. The zero-order valence-electron chi connectivity index (χ0n) is 23.7. The molecular weight excluding hydrogens is 491 g/mol. The van der Waals surface area contributed by atoms with E-state index in [-0.39, 0.29) is 16.9 Å². The Hall–Kier alpha value is -3.34. The summed E-state index contributed by atoms with van der Waals surface area (Å²) in [6.07, 6.45) is 10.4. The second-order valence-electron chi connectivity index (χ2n) is 10.4. The number of carbonyl (C=O) groups is 1. The van der Waals surface area contributed by atoms with Gasteiger partial charge in [0.15, 0.2) is 11.6 Å². The molecule has 1 atom stereocenters. The molecule has 210 valence electrons. The molecule has 0 aliphatic carbocycles. The number of ether oxygens (including phenoxy) is 2. The van der Waals surface area contributed by atoms with Crippen LogP contribution in [0.15, 0.2) is 60.7 Å². The zero-order chi connectivity index (χ0) is 28.0. The summed E-state index contributed by atoms with van der Waals surface area (Å²) < 4.78 is 27.1. The number of aromatic carboxylic acids is 1. The number of carboxylic acid groups (broad SMARTS) is 1. The van der Waals surface area contributed by atoms with E-state index in [0.29, 0.717) is 24.7 Å². The molecule has 0 aliphatic rings. The minimum atomic E-state index is -1.17. The molecule has 0 aliphatic heterocycles. The number of halogens is 1. The molecule has 0 saturated carbocycles. The average Bonchev–Trinajstić information content (AvgIpc) is 2.96. The van der Waals surface area contributed by atoms with Crippen LogP contribution >= 0.6 is 0 Å². The summed E-state index contributed by atoms with van der Waals surface area (Å²) >= 11 is 0. The number of unbranched alkanes of at least 4 members (excludes halogenated alkanes) is 7. The van der Waals surface area contributed by atoms with Crippen molar-refractivity contribution in [2.75, 3.05) is 13.2 Å². The van der Waals surface area contributed by atoms with E-state index in [2.05, 4.69) is 20.8 Å². The zero-order valence-corrected chi connectivity index (χ0v) is 23.7. The summed E-state index contributed by atoms with van der Waals surface area (Å²) in [5, 5.41) is 9.73. The third-order valence-electron chi connectivity index (χ3n) is 7.19. The first-order valence-electron chi connectivity index (χ1n) is 14.5. The fourth-order valence-corrected chi connectivity index (χ4v) is 4.48. The predicted molar refractivity (Wildman–Crippen MR) is 157 cm³/mol. The van der Waals surface area contributed by atoms with E-state index in [9.17, 15) is 9.90 Å². The van der Waals surface area contributed by atoms with E-state index in [0.717, 1.165) is 42.6 Å². The topological polar surface area (TPSA) is 55.8 Å². The van der Waals surface area contributed by atoms with Crippen molar-refractivity contribution in [2.24, 2.45) is 5.92 Å². The molecule has 3 aromatic rings. The monoisotopic (exact) mass is 534 g/mol. The smallest absolute Gasteiger partial charge is 0.336 e. The van der Waals surface area contributed by atoms with Crippen LogP contribution in [0.1, 0.15) is 88.9 Å². The molecule has 0 aromatic heterocycles. The molecule has 0 fully saturated rings. The largest absolute Gasteiger partial charge is 0.493 e. The van der Waals surface area contributed by atoms with Crippen LogP contribution < -0.4 is 9.47 Å². The first kappa shape index (κ1) is 30.2. The standard InChI is InChI=1S/C34H43FO4/c1-4-6-7-8-9-10-11-12-23-38-31-22-21-30(34(36)37)32(33(31)35)28-15-13-26(14-16-28)27-17-19-29(20-18-27)39-24-25(3)5-2/h13-22,25H,4-12,23-24H2,1-3H3,(H,36,37)/t25-/m0/s1. The summed E-state index contributed by atoms with van der Waals surface area (Å²) in [5.41, 5.74) is 2.42. The van der Waals surface area contributed by atoms with Crippen molar-refractivity contribution >= 4 is 5.97 Å². The number of hydrogen-bond acceptors (Lipinski definition) is 3. The molecule has 3 aromatic carbocycles. The molecule has 39 heavy (non-hydrogen) atoms. The van der Waals surface area contributed by atoms with E-state index in [4.69, 9.17) is 9.47 Å². The number of rotatable bonds is 17. The van der Waals surface area contributed by atoms with Crippen LogP contribution in [0.5, 0.6) is 11.5 Å². The maximum atomic E-state index is 15.5. The third kappa shape index (κ3) is 9.12. The van der Waals surface area contributed by atoms with Crippen LogP contribution in [-0.2, 0) is 0 Å². The molecule has 1 N–H and O–H groups in total. The molecule has 0 heterocycles. The van der Waals surface area contributed by atoms with Gasteiger partial charge in [0.25, 0.3) is 0 Å². The van der Waals surface area contributed by atoms with Crippen molar-refractivity contribution in [3.05, 3.63) is 72.0 Å². The van der Waals surface area contributed by atoms with Crippen LogP contribution in [-0.4, -0.2) is 24.3 Å². The summed E-state index contributed by atoms with van der Waals surface area (Å²) in [7, 11) is 0. The molecule has 0 unspecified atom stereocenters. The quantitative estimate of drug-likeness (QED) is 0.175. The molecule has 3 rings (SSSR count). The van der Waals surface area contributed by atoms with Gasteiger partial charge in [-0.15, -0.1) is 0 Å². The van der Waals surface area contributed by atoms with Gasteiger partial charge in [0.05, 0.1) is 18.8 Å². The highest BCUT2D eigenvalue weighted by Crippen LogP contribution is 2.34. The van der Waals surface area contributed by atoms with E-state index in [1.807, 2.05) is 36.4 Å². The Labute approximate surface area is 233 Å². The van der Waals surface area contributed by atoms with Crippen molar-refractivity contribution in [3.8, 4) is 33.8 Å². The summed E-state index contributed by atoms with van der Waals surface area (Å²) in [6, 6.07) is 18.0. The number of carboxylic acids is 1. The van der Waals surface area contributed by atoms with E-state index in [1.165, 1.54) is 44.2 Å². The fraction of sp³-hybridized carbons (Fsp3) is 0.441. The van der Waals surface area contributed by atoms with Gasteiger partial charge < -0.3 is 14.6 Å². The summed E-state index contributed by atoms with van der Waals surface area (Å²) in [4.78, 5) is 11.9. The van der Waals surface area contributed by atoms with Crippen LogP contribution in [0.3, 0.4) is 0 Å². The van der Waals surface area contributed by atoms with Crippen molar-refractivity contribution < 1.29 is 23.8 Å². The summed E-state index contributed by atoms with van der Waals surface area (Å²) in [6.45, 7) is 7.61. The Kier molecular flexibility index (Phi) is 12.3. The fourth-order valence-electron chi connectivity index (χ4n) is 4.48. The van der Waals surface area contributed by atoms with Crippen LogP contribution in [0.4, 0.5) is 4.39 Å². The Morgan fingerprint density at radius 3 is 1.92 bits per heavy atom. The summed E-state index contributed by atoms with van der Waals surface area (Å²) in [5.74, 6) is -0.384. The van der Waals surface area contributed by atoms with E-state index in [1.54, 1.807) is 12.1 Å². The first-order valence-corrected chi connectivity index (χ1v) is 14.5. The Balaban J connectivity index is 1.66. The van der Waals surface area contributed by atoms with Gasteiger partial charge >= 0.3 is 5.97 Å². The lowest BCUT2D eigenvalue weighted by atomic mass is 9.96. The number of benzene rings is 3. The van der Waals surface area contributed by atoms with Crippen LogP contribution in [0.25, 0.3) is 22.3 Å². The maximum absolute atomic E-state index is 15.5. The highest BCUT2D eigenvalue weighted by molar-refractivity contribution is 5.96. The molecule has 4 nitrogen and oxygen atoms in total. The molecular formula is C34H43FO4. The third-order valence-corrected chi connectivity index (χ3v) is 7.19. The minimum absolute atomic E-state index is 0.0521. The van der Waals surface area contributed by atoms with Crippen LogP contribution in [0, 0.1) is 11.7 Å². The van der Waals surface area contributed by atoms with Crippen molar-refractivity contribution in [2.45, 2.75) is 78.6 Å². The molecule has 0 amide bonds. The second-order valence-corrected chi connectivity index (χ2v) is 10.4. The lowest BCUT2D eigenvalue weighted by Crippen LogP contribution is -2.06. The van der Waals surface area contributed by atoms with Crippen molar-refractivity contribution in [1.29, 1.82) is 0 Å². The van der Waals surface area contributed by atoms with Gasteiger partial charge in [0.1, 0.15) is 5.75 Å². The van der Waals surface area contributed by atoms with Gasteiger partial charge in [-0.3, -0.25) is 0 Å². The SMILES string of the molecule is CCCCCCCCCCOc1ccc(C(=O)O)c(-c2ccc(-c3ccc(OC[C@@H](C)CC)cc3)cc2)c1F. The van der Waals surface area contributed by atoms with E-state index >= 15 is 4.39 Å². The molecule has 5 heteroatoms. The molecule has 0 saturated heterocycles. The Morgan fingerprint density at radius 2 is 1.33 bits per heavy atom. The van der Waals surface area contributed by atoms with Crippen molar-refractivity contribution in [1.82, 2.24) is 0 Å². The van der Waals surface area contributed by atoms with Gasteiger partial charge in [0, 0.05) is 5.56 Å². The highest BCUT2D eigenvalue weighted by Gasteiger charge is 2.20. The Morgan fingerprint density at radius 1 is 0.769 bits per heavy atom. The van der Waals surface area contributed by atoms with Gasteiger partial charge in [0.2, 0.25) is 0 Å². The maximum Gasteiger partial charge on any atom is 0.336 e. The van der Waals surface area contributed by atoms with Gasteiger partial charge in [-0.1, -0.05) is 109 Å². The lowest BCUT2D eigenvalue weighted by molar-refractivity contribution is 0.0697. The Bertz CT molecular complexity index is 1160. The lowest BCUT2D eigenvalue weighted by Gasteiger charge is -2.14. The van der Waals surface area contributed by atoms with E-state index < -0.39 is 11.8 Å². The molecule has 0 bridgehead atoms. The second kappa shape index (κ2) is 15.9. The minimum Gasteiger partial charge on any atom is -0.493 e. The predicted octanol–water partition coefficient (Wildman–Crippen LogP) is 9.80. The van der Waals surface area contributed by atoms with Crippen LogP contribution in [0.2, 0.25) is 0 Å². The molecule has 0 radical (unpaired) electrons. The van der Waals surface area contributed by atoms with Gasteiger partial charge in [-0.05, 0) is 53.3 Å². The highest BCUT2D eigenvalue weighted by atomic mass is 19.1. The number of hydrogen-bond donors (Lipinski definition) is 1. The van der Waals surface area contributed by atoms with Gasteiger partial charge in [-0.2, -0.15) is 0 Å². The average molecular weight is 535 g/mol. The van der Waals surface area contributed by atoms with Gasteiger partial charge in [-0.25, -0.2) is 9.18 Å². The normalized spacial score (nSPS) is 11.8. The van der Waals surface area contributed by atoms with Crippen molar-refractivity contribution in [3.63, 3.8) is 0 Å². The molecule has 0 spiro atoms.